The van der Waals surface area contributed by atoms with Gasteiger partial charge in [0.1, 0.15) is 24.9 Å². The van der Waals surface area contributed by atoms with Crippen LogP contribution in [-0.4, -0.2) is 117 Å². The minimum absolute atomic E-state index is 0.0498. The number of esters is 6. The molecule has 276 valence electrons. The molecule has 0 aromatic heterocycles. The van der Waals surface area contributed by atoms with E-state index in [2.05, 4.69) is 5.32 Å². The summed E-state index contributed by atoms with van der Waals surface area (Å²) in [7, 11) is 1.02. The molecule has 2 heterocycles. The highest BCUT2D eigenvalue weighted by Gasteiger charge is 2.58. The third-order valence-corrected chi connectivity index (χ3v) is 7.15. The van der Waals surface area contributed by atoms with Crippen LogP contribution in [0.2, 0.25) is 0 Å². The summed E-state index contributed by atoms with van der Waals surface area (Å²) in [5, 5.41) is 2.65. The molecule has 2 fully saturated rings. The van der Waals surface area contributed by atoms with Crippen LogP contribution in [0, 0.1) is 0 Å². The molecule has 2 aliphatic heterocycles. The van der Waals surface area contributed by atoms with Crippen molar-refractivity contribution in [1.82, 2.24) is 5.32 Å². The lowest BCUT2D eigenvalue weighted by atomic mass is 9.94. The summed E-state index contributed by atoms with van der Waals surface area (Å²) in [4.78, 5) is 86.6. The minimum atomic E-state index is -1.87. The van der Waals surface area contributed by atoms with Gasteiger partial charge in [-0.2, -0.15) is 0 Å². The van der Waals surface area contributed by atoms with Crippen LogP contribution in [0.1, 0.15) is 47.1 Å². The Balaban J connectivity index is 2.18. The molecule has 0 radical (unpaired) electrons. The van der Waals surface area contributed by atoms with E-state index in [0.717, 1.165) is 41.7 Å². The zero-order chi connectivity index (χ0) is 37.1. The summed E-state index contributed by atoms with van der Waals surface area (Å²) in [6.45, 7) is 5.93. The molecule has 0 spiro atoms. The van der Waals surface area contributed by atoms with Gasteiger partial charge in [0.05, 0.1) is 13.7 Å². The fourth-order valence-electron chi connectivity index (χ4n) is 5.36. The van der Waals surface area contributed by atoms with Crippen LogP contribution in [-0.2, 0) is 87.5 Å². The Kier molecular flexibility index (Phi) is 14.6. The molecule has 3 rings (SSSR count). The highest BCUT2D eigenvalue weighted by molar-refractivity contribution is 5.77. The number of carbonyl (C=O) groups is 7. The molecule has 1 N–H and O–H groups in total. The predicted octanol–water partition coefficient (Wildman–Crippen LogP) is 0.00580. The second-order valence-electron chi connectivity index (χ2n) is 11.2. The first-order chi connectivity index (χ1) is 23.6. The van der Waals surface area contributed by atoms with E-state index < -0.39 is 110 Å². The van der Waals surface area contributed by atoms with Gasteiger partial charge < -0.3 is 52.7 Å². The molecular weight excluding hydrogens is 670 g/mol. The lowest BCUT2D eigenvalue weighted by Crippen LogP contribution is -2.69. The number of methoxy groups -OCH3 is 1. The van der Waals surface area contributed by atoms with Gasteiger partial charge in [0.15, 0.2) is 43.1 Å². The van der Waals surface area contributed by atoms with Crippen molar-refractivity contribution >= 4 is 41.7 Å². The van der Waals surface area contributed by atoms with Crippen LogP contribution in [0.25, 0.3) is 0 Å². The standard InChI is InChI=1S/C32H41NO17/c1-15(34)33-23-25(24(44-17(3)36)22(14-42-16(2)35)48-31(23)43-13-21-11-9-8-10-12-21)49-32-29(47-20(6)39)27(46-19(5)38)26(45-18(4)37)28(50-32)30(40)41-7/h8-12,22-29,31-32H,13-14H2,1-7H3,(H,33,34)/t22-,23-,24+,25-,26+,27+,28+,29-,31-,32-/m1/s1. The molecule has 2 aliphatic rings. The number of carbonyl (C=O) groups excluding carboxylic acids is 7. The smallest absolute Gasteiger partial charge is 0.339 e. The zero-order valence-electron chi connectivity index (χ0n) is 28.5. The Morgan fingerprint density at radius 1 is 0.660 bits per heavy atom. The molecule has 0 aliphatic carbocycles. The van der Waals surface area contributed by atoms with Gasteiger partial charge in [0.2, 0.25) is 5.91 Å². The molecule has 0 bridgehead atoms. The van der Waals surface area contributed by atoms with Crippen LogP contribution >= 0.6 is 0 Å². The maximum atomic E-state index is 13.0. The second-order valence-corrected chi connectivity index (χ2v) is 11.2. The summed E-state index contributed by atoms with van der Waals surface area (Å²) < 4.78 is 56.3. The summed E-state index contributed by atoms with van der Waals surface area (Å²) in [5.74, 6) is -6.02. The van der Waals surface area contributed by atoms with Gasteiger partial charge in [-0.25, -0.2) is 4.79 Å². The predicted molar refractivity (Wildman–Crippen MR) is 162 cm³/mol. The zero-order valence-corrected chi connectivity index (χ0v) is 28.5. The Morgan fingerprint density at radius 2 is 1.22 bits per heavy atom. The Labute approximate surface area is 287 Å². The summed E-state index contributed by atoms with van der Waals surface area (Å²) in [5.41, 5.74) is 0.709. The lowest BCUT2D eigenvalue weighted by molar-refractivity contribution is -0.343. The molecular formula is C32H41NO17. The number of rotatable bonds is 13. The first kappa shape index (κ1) is 39.8. The van der Waals surface area contributed by atoms with Crippen molar-refractivity contribution in [2.24, 2.45) is 0 Å². The molecule has 0 saturated carbocycles. The van der Waals surface area contributed by atoms with Gasteiger partial charge in [-0.3, -0.25) is 28.8 Å². The fourth-order valence-corrected chi connectivity index (χ4v) is 5.36. The van der Waals surface area contributed by atoms with E-state index in [1.54, 1.807) is 30.3 Å². The van der Waals surface area contributed by atoms with Crippen molar-refractivity contribution in [2.75, 3.05) is 13.7 Å². The van der Waals surface area contributed by atoms with Crippen molar-refractivity contribution in [3.63, 3.8) is 0 Å². The van der Waals surface area contributed by atoms with Crippen LogP contribution in [0.4, 0.5) is 0 Å². The van der Waals surface area contributed by atoms with E-state index >= 15 is 0 Å². The number of hydrogen-bond acceptors (Lipinski definition) is 17. The first-order valence-corrected chi connectivity index (χ1v) is 15.4. The van der Waals surface area contributed by atoms with E-state index in [4.69, 9.17) is 47.4 Å². The van der Waals surface area contributed by atoms with E-state index in [9.17, 15) is 33.6 Å². The maximum absolute atomic E-state index is 13.0. The Hall–Kier alpha value is -4.65. The van der Waals surface area contributed by atoms with Gasteiger partial charge >= 0.3 is 35.8 Å². The van der Waals surface area contributed by atoms with Crippen LogP contribution < -0.4 is 5.32 Å². The van der Waals surface area contributed by atoms with Crippen molar-refractivity contribution < 1.29 is 80.9 Å². The average molecular weight is 712 g/mol. The van der Waals surface area contributed by atoms with E-state index in [1.165, 1.54) is 6.92 Å². The first-order valence-electron chi connectivity index (χ1n) is 15.4. The van der Waals surface area contributed by atoms with Gasteiger partial charge in [0, 0.05) is 41.5 Å². The van der Waals surface area contributed by atoms with Crippen molar-refractivity contribution in [3.8, 4) is 0 Å². The summed E-state index contributed by atoms with van der Waals surface area (Å²) >= 11 is 0. The number of amides is 1. The van der Waals surface area contributed by atoms with Gasteiger partial charge in [-0.05, 0) is 5.56 Å². The number of hydrogen-bond donors (Lipinski definition) is 1. The lowest BCUT2D eigenvalue weighted by Gasteiger charge is -2.49. The molecule has 50 heavy (non-hydrogen) atoms. The molecule has 1 aromatic carbocycles. The summed E-state index contributed by atoms with van der Waals surface area (Å²) in [6, 6.07) is 7.55. The van der Waals surface area contributed by atoms with E-state index in [0.29, 0.717) is 5.56 Å². The molecule has 2 saturated heterocycles. The SMILES string of the molecule is COC(=O)[C@H]1O[C@@H](O[C@@H]2[C@@H](NC(C)=O)[C@H](OCc3ccccc3)O[C@H](COC(C)=O)[C@@H]2OC(C)=O)[C@H](OC(C)=O)[C@@H](OC(C)=O)[C@@H]1OC(C)=O. The quantitative estimate of drug-likeness (QED) is 0.210. The molecule has 1 amide bonds. The number of nitrogens with one attached hydrogen (secondary N) is 1. The molecule has 18 nitrogen and oxygen atoms in total. The van der Waals surface area contributed by atoms with Crippen LogP contribution in [0.5, 0.6) is 0 Å². The van der Waals surface area contributed by atoms with Crippen LogP contribution in [0.3, 0.4) is 0 Å². The van der Waals surface area contributed by atoms with Gasteiger partial charge in [-0.15, -0.1) is 0 Å². The normalized spacial score (nSPS) is 29.0. The van der Waals surface area contributed by atoms with Crippen LogP contribution in [0.15, 0.2) is 30.3 Å². The van der Waals surface area contributed by atoms with Crippen molar-refractivity contribution in [2.45, 2.75) is 109 Å². The number of ether oxygens (including phenoxy) is 10. The Morgan fingerprint density at radius 3 is 1.76 bits per heavy atom. The molecule has 1 aromatic rings. The van der Waals surface area contributed by atoms with E-state index in [1.807, 2.05) is 0 Å². The topological polar surface area (TPSA) is 224 Å². The second kappa shape index (κ2) is 18.4. The van der Waals surface area contributed by atoms with Crippen molar-refractivity contribution in [3.05, 3.63) is 35.9 Å². The highest BCUT2D eigenvalue weighted by Crippen LogP contribution is 2.35. The molecule has 10 atom stereocenters. The highest BCUT2D eigenvalue weighted by atomic mass is 16.8. The molecule has 18 heteroatoms. The molecule has 0 unspecified atom stereocenters. The minimum Gasteiger partial charge on any atom is -0.467 e. The number of benzene rings is 1. The fraction of sp³-hybridized carbons (Fsp3) is 0.594. The maximum Gasteiger partial charge on any atom is 0.339 e. The monoisotopic (exact) mass is 711 g/mol. The van der Waals surface area contributed by atoms with Crippen molar-refractivity contribution in [1.29, 1.82) is 0 Å². The van der Waals surface area contributed by atoms with Gasteiger partial charge in [0.25, 0.3) is 0 Å². The summed E-state index contributed by atoms with van der Waals surface area (Å²) in [6.07, 6.45) is -14.5. The van der Waals surface area contributed by atoms with E-state index in [-0.39, 0.29) is 6.61 Å². The largest absolute Gasteiger partial charge is 0.467 e. The average Bonchev–Trinajstić information content (AvgIpc) is 3.02. The third-order valence-electron chi connectivity index (χ3n) is 7.15. The third kappa shape index (κ3) is 11.2. The van der Waals surface area contributed by atoms with Gasteiger partial charge in [-0.1, -0.05) is 30.3 Å². The Bertz CT molecular complexity index is 1390.